The van der Waals surface area contributed by atoms with Crippen LogP contribution in [0.3, 0.4) is 0 Å². The second-order valence-electron chi connectivity index (χ2n) is 4.78. The molecule has 22 heavy (non-hydrogen) atoms. The van der Waals surface area contributed by atoms with Crippen molar-refractivity contribution >= 4 is 27.7 Å². The lowest BCUT2D eigenvalue weighted by molar-refractivity contribution is 0.520. The molecule has 0 aromatic heterocycles. The number of rotatable bonds is 7. The highest BCUT2D eigenvalue weighted by Crippen LogP contribution is 2.13. The average molecular weight is 345 g/mol. The van der Waals surface area contributed by atoms with E-state index in [-0.39, 0.29) is 0 Å². The third-order valence-electron chi connectivity index (χ3n) is 2.98. The predicted octanol–water partition coefficient (Wildman–Crippen LogP) is 0.965. The van der Waals surface area contributed by atoms with Crippen LogP contribution in [-0.4, -0.2) is 58.4 Å². The highest BCUT2D eigenvalue weighted by Gasteiger charge is 2.16. The van der Waals surface area contributed by atoms with Crippen molar-refractivity contribution in [2.45, 2.75) is 11.4 Å². The molecule has 0 aliphatic rings. The Bertz CT molecular complexity index is 583. The molecule has 0 aliphatic carbocycles. The van der Waals surface area contributed by atoms with Gasteiger partial charge in [-0.2, -0.15) is 11.8 Å². The normalized spacial score (nSPS) is 12.5. The summed E-state index contributed by atoms with van der Waals surface area (Å²) in [5.41, 5.74) is 0.991. The lowest BCUT2D eigenvalue weighted by atomic mass is 10.2. The summed E-state index contributed by atoms with van der Waals surface area (Å²) in [6, 6.07) is 6.85. The van der Waals surface area contributed by atoms with E-state index in [2.05, 4.69) is 21.9 Å². The number of sulfonamides is 1. The molecule has 8 heteroatoms. The van der Waals surface area contributed by atoms with E-state index in [1.165, 1.54) is 18.4 Å². The van der Waals surface area contributed by atoms with Crippen molar-refractivity contribution in [3.8, 4) is 0 Å². The molecule has 0 heterocycles. The summed E-state index contributed by atoms with van der Waals surface area (Å²) in [5.74, 6) is 1.75. The maximum absolute atomic E-state index is 12.0. The second-order valence-corrected chi connectivity index (χ2v) is 7.91. The standard InChI is InChI=1S/C14H24N4O2S2/c1-15-14(16-9-10-21-4)17-11-12-5-7-13(8-6-12)22(19,20)18(2)3/h5-8H,9-11H2,1-4H3,(H2,15,16,17). The quantitative estimate of drug-likeness (QED) is 0.438. The Morgan fingerprint density at radius 2 is 1.86 bits per heavy atom. The van der Waals surface area contributed by atoms with Crippen LogP contribution < -0.4 is 10.6 Å². The highest BCUT2D eigenvalue weighted by molar-refractivity contribution is 7.98. The maximum atomic E-state index is 12.0. The van der Waals surface area contributed by atoms with Gasteiger partial charge in [0.1, 0.15) is 0 Å². The molecule has 2 N–H and O–H groups in total. The van der Waals surface area contributed by atoms with Crippen molar-refractivity contribution in [2.75, 3.05) is 39.7 Å². The van der Waals surface area contributed by atoms with Crippen LogP contribution in [0.15, 0.2) is 34.2 Å². The Labute approximate surface area is 137 Å². The Kier molecular flexibility index (Phi) is 7.70. The lowest BCUT2D eigenvalue weighted by Gasteiger charge is -2.13. The SMILES string of the molecule is CN=C(NCCSC)NCc1ccc(S(=O)(=O)N(C)C)cc1. The molecule has 0 aliphatic heterocycles. The van der Waals surface area contributed by atoms with Crippen molar-refractivity contribution in [3.63, 3.8) is 0 Å². The number of hydrogen-bond donors (Lipinski definition) is 2. The summed E-state index contributed by atoms with van der Waals surface area (Å²) in [5, 5.41) is 6.40. The third kappa shape index (κ3) is 5.51. The fourth-order valence-corrected chi connectivity index (χ4v) is 2.88. The molecule has 124 valence electrons. The molecular formula is C14H24N4O2S2. The van der Waals surface area contributed by atoms with Gasteiger partial charge >= 0.3 is 0 Å². The zero-order chi connectivity index (χ0) is 16.6. The second kappa shape index (κ2) is 9.02. The molecule has 0 spiro atoms. The summed E-state index contributed by atoms with van der Waals surface area (Å²) in [7, 11) is 1.40. The van der Waals surface area contributed by atoms with Gasteiger partial charge in [-0.1, -0.05) is 12.1 Å². The molecule has 0 amide bonds. The van der Waals surface area contributed by atoms with E-state index >= 15 is 0 Å². The van der Waals surface area contributed by atoms with Crippen LogP contribution in [0.1, 0.15) is 5.56 Å². The predicted molar refractivity (Wildman–Crippen MR) is 93.9 cm³/mol. The molecule has 0 radical (unpaired) electrons. The number of aliphatic imine (C=N–C) groups is 1. The van der Waals surface area contributed by atoms with Crippen LogP contribution in [0, 0.1) is 0 Å². The molecule has 0 fully saturated rings. The number of nitrogens with one attached hydrogen (secondary N) is 2. The van der Waals surface area contributed by atoms with Crippen LogP contribution in [0.5, 0.6) is 0 Å². The molecular weight excluding hydrogens is 320 g/mol. The first-order valence-electron chi connectivity index (χ1n) is 6.86. The molecule has 0 unspecified atom stereocenters. The van der Waals surface area contributed by atoms with Crippen molar-refractivity contribution in [3.05, 3.63) is 29.8 Å². The summed E-state index contributed by atoms with van der Waals surface area (Å²) < 4.78 is 25.2. The third-order valence-corrected chi connectivity index (χ3v) is 5.43. The zero-order valence-electron chi connectivity index (χ0n) is 13.5. The van der Waals surface area contributed by atoms with Crippen LogP contribution in [0.2, 0.25) is 0 Å². The molecule has 0 atom stereocenters. The first-order valence-corrected chi connectivity index (χ1v) is 9.70. The number of thioether (sulfide) groups is 1. The number of nitrogens with zero attached hydrogens (tertiary/aromatic N) is 2. The Morgan fingerprint density at radius 3 is 2.36 bits per heavy atom. The van der Waals surface area contributed by atoms with Crippen LogP contribution in [-0.2, 0) is 16.6 Å². The van der Waals surface area contributed by atoms with Gasteiger partial charge in [0.25, 0.3) is 0 Å². The number of guanidine groups is 1. The minimum Gasteiger partial charge on any atom is -0.356 e. The molecule has 1 rings (SSSR count). The van der Waals surface area contributed by atoms with Gasteiger partial charge in [0, 0.05) is 40.0 Å². The average Bonchev–Trinajstić information content (AvgIpc) is 2.51. The van der Waals surface area contributed by atoms with Gasteiger partial charge in [-0.25, -0.2) is 12.7 Å². The zero-order valence-corrected chi connectivity index (χ0v) is 15.1. The number of hydrogen-bond acceptors (Lipinski definition) is 4. The van der Waals surface area contributed by atoms with Gasteiger partial charge in [0.05, 0.1) is 4.90 Å². The van der Waals surface area contributed by atoms with Crippen LogP contribution in [0.25, 0.3) is 0 Å². The molecule has 0 bridgehead atoms. The Hall–Kier alpha value is -1.25. The largest absolute Gasteiger partial charge is 0.356 e. The Balaban J connectivity index is 2.61. The minimum atomic E-state index is -3.37. The lowest BCUT2D eigenvalue weighted by Crippen LogP contribution is -2.37. The van der Waals surface area contributed by atoms with Crippen molar-refractivity contribution in [2.24, 2.45) is 4.99 Å². The Morgan fingerprint density at radius 1 is 1.23 bits per heavy atom. The summed E-state index contributed by atoms with van der Waals surface area (Å²) >= 11 is 1.77. The van der Waals surface area contributed by atoms with Crippen molar-refractivity contribution in [1.82, 2.24) is 14.9 Å². The molecule has 0 saturated carbocycles. The van der Waals surface area contributed by atoms with E-state index in [9.17, 15) is 8.42 Å². The highest BCUT2D eigenvalue weighted by atomic mass is 32.2. The fourth-order valence-electron chi connectivity index (χ4n) is 1.67. The van der Waals surface area contributed by atoms with Gasteiger partial charge < -0.3 is 10.6 Å². The number of benzene rings is 1. The topological polar surface area (TPSA) is 73.8 Å². The molecule has 1 aromatic carbocycles. The smallest absolute Gasteiger partial charge is 0.242 e. The summed E-state index contributed by atoms with van der Waals surface area (Å²) in [6.45, 7) is 1.43. The monoisotopic (exact) mass is 344 g/mol. The molecule has 1 aromatic rings. The van der Waals surface area contributed by atoms with E-state index in [1.807, 2.05) is 0 Å². The summed E-state index contributed by atoms with van der Waals surface area (Å²) in [4.78, 5) is 4.43. The van der Waals surface area contributed by atoms with Crippen molar-refractivity contribution < 1.29 is 8.42 Å². The van der Waals surface area contributed by atoms with Gasteiger partial charge in [0.2, 0.25) is 10.0 Å². The van der Waals surface area contributed by atoms with E-state index in [0.717, 1.165) is 23.8 Å². The van der Waals surface area contributed by atoms with Gasteiger partial charge in [-0.3, -0.25) is 4.99 Å². The van der Waals surface area contributed by atoms with Gasteiger partial charge in [-0.15, -0.1) is 0 Å². The molecule has 0 saturated heterocycles. The van der Waals surface area contributed by atoms with Crippen molar-refractivity contribution in [1.29, 1.82) is 0 Å². The van der Waals surface area contributed by atoms with E-state index in [4.69, 9.17) is 0 Å². The molecule has 6 nitrogen and oxygen atoms in total. The first kappa shape index (κ1) is 18.8. The minimum absolute atomic E-state index is 0.295. The van der Waals surface area contributed by atoms with Gasteiger partial charge in [0.15, 0.2) is 5.96 Å². The van der Waals surface area contributed by atoms with Crippen LogP contribution in [0.4, 0.5) is 0 Å². The maximum Gasteiger partial charge on any atom is 0.242 e. The summed E-state index contributed by atoms with van der Waals surface area (Å²) in [6.07, 6.45) is 2.06. The first-order chi connectivity index (χ1) is 10.4. The van der Waals surface area contributed by atoms with Crippen LogP contribution >= 0.6 is 11.8 Å². The fraction of sp³-hybridized carbons (Fsp3) is 0.500. The van der Waals surface area contributed by atoms with E-state index in [0.29, 0.717) is 11.4 Å². The van der Waals surface area contributed by atoms with E-state index in [1.54, 1.807) is 43.1 Å². The van der Waals surface area contributed by atoms with E-state index < -0.39 is 10.0 Å². The van der Waals surface area contributed by atoms with Gasteiger partial charge in [-0.05, 0) is 24.0 Å².